The number of ether oxygens (including phenoxy) is 3. The van der Waals surface area contributed by atoms with Gasteiger partial charge in [-0.15, -0.1) is 9.78 Å². The van der Waals surface area contributed by atoms with E-state index in [1.165, 1.54) is 0 Å². The lowest BCUT2D eigenvalue weighted by atomic mass is 9.90. The minimum absolute atomic E-state index is 0.000451. The highest BCUT2D eigenvalue weighted by atomic mass is 16.5. The monoisotopic (exact) mass is 561 g/mol. The van der Waals surface area contributed by atoms with Gasteiger partial charge in [0.05, 0.1) is 20.3 Å². The van der Waals surface area contributed by atoms with E-state index in [0.29, 0.717) is 42.5 Å². The zero-order chi connectivity index (χ0) is 29.4. The van der Waals surface area contributed by atoms with Crippen LogP contribution in [0, 0.1) is 5.41 Å². The second kappa shape index (κ2) is 13.3. The predicted octanol–water partition coefficient (Wildman–Crippen LogP) is 2.28. The van der Waals surface area contributed by atoms with Crippen LogP contribution in [0.5, 0.6) is 11.5 Å². The van der Waals surface area contributed by atoms with Gasteiger partial charge < -0.3 is 25.1 Å². The van der Waals surface area contributed by atoms with E-state index in [1.54, 1.807) is 37.7 Å². The molecule has 2 atom stereocenters. The zero-order valence-corrected chi connectivity index (χ0v) is 22.6. The van der Waals surface area contributed by atoms with E-state index >= 15 is 0 Å². The van der Waals surface area contributed by atoms with Gasteiger partial charge >= 0.3 is 5.69 Å². The summed E-state index contributed by atoms with van der Waals surface area (Å²) in [5.74, 6) is 0.691. The van der Waals surface area contributed by atoms with Crippen molar-refractivity contribution in [2.24, 2.45) is 5.73 Å². The van der Waals surface area contributed by atoms with E-state index in [-0.39, 0.29) is 23.8 Å². The average Bonchev–Trinajstić information content (AvgIpc) is 3.61. The molecule has 3 heterocycles. The molecule has 4 aromatic rings. The highest BCUT2D eigenvalue weighted by molar-refractivity contribution is 5.94. The van der Waals surface area contributed by atoms with Crippen LogP contribution in [0.1, 0.15) is 41.8 Å². The van der Waals surface area contributed by atoms with Crippen LogP contribution in [0.2, 0.25) is 0 Å². The van der Waals surface area contributed by atoms with Gasteiger partial charge in [0.15, 0.2) is 0 Å². The molecule has 2 aromatic carbocycles. The van der Waals surface area contributed by atoms with Crippen molar-refractivity contribution in [1.82, 2.24) is 24.7 Å². The number of rotatable bonds is 9. The quantitative estimate of drug-likeness (QED) is 0.174. The highest BCUT2D eigenvalue weighted by Crippen LogP contribution is 2.33. The number of aromatic amines is 1. The fourth-order valence-electron chi connectivity index (χ4n) is 4.24. The van der Waals surface area contributed by atoms with Gasteiger partial charge in [0, 0.05) is 43.3 Å². The number of hydrogen-bond acceptors (Lipinski definition) is 9. The summed E-state index contributed by atoms with van der Waals surface area (Å²) in [7, 11) is 1.60. The molecule has 0 radical (unpaired) electrons. The number of nitrogen functional groups attached to an aromatic ring is 1. The van der Waals surface area contributed by atoms with Gasteiger partial charge in [-0.2, -0.15) is 0 Å². The number of H-pyrrole nitrogens is 1. The van der Waals surface area contributed by atoms with Crippen LogP contribution in [0.25, 0.3) is 5.95 Å². The SMILES string of the molecule is CC(=O)O.COc1cc(O[C@@H]2CCOC2)cc(C(Cc2ccc(C(=N)N)cc2)c2nn(-c3ncccn3)c(=O)[nH]2)c1. The lowest BCUT2D eigenvalue weighted by molar-refractivity contribution is -0.134. The molecule has 1 fully saturated rings. The highest BCUT2D eigenvalue weighted by Gasteiger charge is 2.24. The number of methoxy groups -OCH3 is 1. The van der Waals surface area contributed by atoms with Gasteiger partial charge in [0.2, 0.25) is 0 Å². The fourth-order valence-corrected chi connectivity index (χ4v) is 4.24. The van der Waals surface area contributed by atoms with Gasteiger partial charge in [-0.05, 0) is 35.7 Å². The van der Waals surface area contributed by atoms with E-state index in [0.717, 1.165) is 29.2 Å². The van der Waals surface area contributed by atoms with Gasteiger partial charge in [-0.3, -0.25) is 15.2 Å². The minimum Gasteiger partial charge on any atom is -0.497 e. The van der Waals surface area contributed by atoms with Crippen molar-refractivity contribution >= 4 is 11.8 Å². The molecule has 214 valence electrons. The number of carbonyl (C=O) groups is 1. The number of carboxylic acid groups (broad SMARTS) is 1. The first-order valence-electron chi connectivity index (χ1n) is 12.8. The van der Waals surface area contributed by atoms with Crippen LogP contribution >= 0.6 is 0 Å². The Kier molecular flexibility index (Phi) is 9.43. The molecule has 1 saturated heterocycles. The first-order chi connectivity index (χ1) is 19.7. The third-order valence-corrected chi connectivity index (χ3v) is 6.14. The zero-order valence-electron chi connectivity index (χ0n) is 22.6. The number of amidine groups is 1. The fraction of sp³-hybridized carbons (Fsp3) is 0.286. The number of nitrogens with zero attached hydrogens (tertiary/aromatic N) is 4. The molecule has 1 aliphatic heterocycles. The maximum atomic E-state index is 12.8. The summed E-state index contributed by atoms with van der Waals surface area (Å²) in [5, 5.41) is 19.6. The molecule has 0 aliphatic carbocycles. The van der Waals surface area contributed by atoms with Crippen LogP contribution in [0.15, 0.2) is 65.7 Å². The Labute approximate surface area is 235 Å². The molecule has 13 nitrogen and oxygen atoms in total. The van der Waals surface area contributed by atoms with Crippen LogP contribution in [-0.4, -0.2) is 68.1 Å². The second-order valence-corrected chi connectivity index (χ2v) is 9.21. The summed E-state index contributed by atoms with van der Waals surface area (Å²) in [6.45, 7) is 2.29. The summed E-state index contributed by atoms with van der Waals surface area (Å²) >= 11 is 0. The third-order valence-electron chi connectivity index (χ3n) is 6.14. The largest absolute Gasteiger partial charge is 0.497 e. The van der Waals surface area contributed by atoms with Crippen LogP contribution in [0.3, 0.4) is 0 Å². The second-order valence-electron chi connectivity index (χ2n) is 9.21. The molecule has 41 heavy (non-hydrogen) atoms. The molecule has 0 amide bonds. The number of benzene rings is 2. The van der Waals surface area contributed by atoms with Gasteiger partial charge in [-0.25, -0.2) is 14.8 Å². The maximum Gasteiger partial charge on any atom is 0.350 e. The van der Waals surface area contributed by atoms with Crippen LogP contribution < -0.4 is 20.9 Å². The van der Waals surface area contributed by atoms with Crippen molar-refractivity contribution in [2.75, 3.05) is 20.3 Å². The van der Waals surface area contributed by atoms with Gasteiger partial charge in [0.25, 0.3) is 11.9 Å². The first-order valence-corrected chi connectivity index (χ1v) is 12.8. The van der Waals surface area contributed by atoms with Crippen molar-refractivity contribution < 1.29 is 24.1 Å². The van der Waals surface area contributed by atoms with Crippen molar-refractivity contribution in [3.63, 3.8) is 0 Å². The van der Waals surface area contributed by atoms with Crippen molar-refractivity contribution in [1.29, 1.82) is 5.41 Å². The number of nitrogens with one attached hydrogen (secondary N) is 2. The topological polar surface area (TPSA) is 191 Å². The molecular formula is C28H31N7O6. The number of aromatic nitrogens is 5. The van der Waals surface area contributed by atoms with E-state index in [9.17, 15) is 4.79 Å². The number of nitrogens with two attached hydrogens (primary N) is 1. The van der Waals surface area contributed by atoms with Crippen molar-refractivity contribution in [3.05, 3.63) is 93.9 Å². The van der Waals surface area contributed by atoms with Crippen LogP contribution in [-0.2, 0) is 16.0 Å². The summed E-state index contributed by atoms with van der Waals surface area (Å²) < 4.78 is 18.3. The molecule has 5 N–H and O–H groups in total. The third kappa shape index (κ3) is 7.76. The molecule has 5 rings (SSSR count). The number of aliphatic carboxylic acids is 1. The average molecular weight is 562 g/mol. The molecular weight excluding hydrogens is 530 g/mol. The normalized spacial score (nSPS) is 14.9. The molecule has 13 heteroatoms. The molecule has 1 aliphatic rings. The first kappa shape index (κ1) is 29.0. The lowest BCUT2D eigenvalue weighted by Crippen LogP contribution is -2.18. The summed E-state index contributed by atoms with van der Waals surface area (Å²) in [4.78, 5) is 33.0. The number of hydrogen-bond donors (Lipinski definition) is 4. The molecule has 0 spiro atoms. The Hall–Kier alpha value is -5.04. The summed E-state index contributed by atoms with van der Waals surface area (Å²) in [6, 6.07) is 14.8. The van der Waals surface area contributed by atoms with Crippen molar-refractivity contribution in [3.8, 4) is 17.4 Å². The lowest BCUT2D eigenvalue weighted by Gasteiger charge is -2.19. The summed E-state index contributed by atoms with van der Waals surface area (Å²) in [5.41, 5.74) is 7.62. The van der Waals surface area contributed by atoms with E-state index < -0.39 is 11.7 Å². The smallest absolute Gasteiger partial charge is 0.350 e. The van der Waals surface area contributed by atoms with Crippen molar-refractivity contribution in [2.45, 2.75) is 31.8 Å². The molecule has 0 bridgehead atoms. The Balaban J connectivity index is 0.000000909. The predicted molar refractivity (Wildman–Crippen MR) is 149 cm³/mol. The standard InChI is InChI=1S/C26H27N7O4.C2H4O2/c1-35-20-12-18(13-21(14-20)37-19-7-10-36-15-19)22(11-16-3-5-17(6-4-16)23(27)28)24-31-26(34)33(32-24)25-29-8-2-9-30-25;1-2(3)4/h2-6,8-9,12-14,19,22H,7,10-11,15H2,1H3,(H3,27,28)(H,31,32,34);1H3,(H,3,4)/t19-,22?;/m1./s1. The van der Waals surface area contributed by atoms with Gasteiger partial charge in [-0.1, -0.05) is 24.3 Å². The van der Waals surface area contributed by atoms with Gasteiger partial charge in [0.1, 0.15) is 29.3 Å². The Morgan fingerprint density at radius 2 is 1.90 bits per heavy atom. The maximum absolute atomic E-state index is 12.8. The molecule has 0 saturated carbocycles. The minimum atomic E-state index is -0.833. The van der Waals surface area contributed by atoms with E-state index in [2.05, 4.69) is 20.1 Å². The number of carboxylic acids is 1. The van der Waals surface area contributed by atoms with Crippen LogP contribution in [0.4, 0.5) is 0 Å². The molecule has 2 aromatic heterocycles. The Morgan fingerprint density at radius 3 is 2.51 bits per heavy atom. The molecule has 1 unspecified atom stereocenters. The van der Waals surface area contributed by atoms with E-state index in [1.807, 2.05) is 30.3 Å². The Bertz CT molecular complexity index is 1530. The summed E-state index contributed by atoms with van der Waals surface area (Å²) in [6.07, 6.45) is 4.38. The van der Waals surface area contributed by atoms with E-state index in [4.69, 9.17) is 35.3 Å². The Morgan fingerprint density at radius 1 is 1.22 bits per heavy atom.